The number of allylic oxidation sites excluding steroid dienone is 5. The van der Waals surface area contributed by atoms with E-state index in [0.29, 0.717) is 23.7 Å². The van der Waals surface area contributed by atoms with Crippen molar-refractivity contribution in [2.24, 2.45) is 17.8 Å². The third-order valence-electron chi connectivity index (χ3n) is 7.55. The number of rotatable bonds is 8. The lowest BCUT2D eigenvalue weighted by Crippen LogP contribution is -2.22. The van der Waals surface area contributed by atoms with Crippen molar-refractivity contribution in [3.63, 3.8) is 0 Å². The average Bonchev–Trinajstić information content (AvgIpc) is 2.83. The summed E-state index contributed by atoms with van der Waals surface area (Å²) in [6.07, 6.45) is 18.6. The lowest BCUT2D eigenvalue weighted by Gasteiger charge is -2.36. The van der Waals surface area contributed by atoms with Crippen LogP contribution in [-0.2, 0) is 6.42 Å². The summed E-state index contributed by atoms with van der Waals surface area (Å²) in [4.78, 5) is 0. The van der Waals surface area contributed by atoms with E-state index in [1.54, 1.807) is 6.08 Å². The molecule has 0 spiro atoms. The zero-order valence-corrected chi connectivity index (χ0v) is 19.2. The van der Waals surface area contributed by atoms with Crippen LogP contribution in [-0.4, -0.2) is 0 Å². The number of unbranched alkanes of at least 4 members (excludes halogenated alkanes) is 1. The van der Waals surface area contributed by atoms with E-state index < -0.39 is 5.83 Å². The second kappa shape index (κ2) is 12.0. The van der Waals surface area contributed by atoms with Gasteiger partial charge in [-0.1, -0.05) is 61.9 Å². The molecular formula is C29H38FN. The maximum atomic E-state index is 12.9. The van der Waals surface area contributed by atoms with E-state index in [2.05, 4.69) is 43.8 Å². The Hall–Kier alpha value is -2.14. The minimum atomic E-state index is -0.721. The van der Waals surface area contributed by atoms with Gasteiger partial charge in [0, 0.05) is 0 Å². The molecule has 0 aromatic heterocycles. The summed E-state index contributed by atoms with van der Waals surface area (Å²) < 4.78 is 12.9. The van der Waals surface area contributed by atoms with Crippen molar-refractivity contribution >= 4 is 0 Å². The predicted molar refractivity (Wildman–Crippen MR) is 128 cm³/mol. The van der Waals surface area contributed by atoms with Crippen molar-refractivity contribution in [1.82, 2.24) is 0 Å². The molecule has 3 rings (SSSR count). The number of aryl methyl sites for hydroxylation is 1. The van der Waals surface area contributed by atoms with Gasteiger partial charge in [-0.25, -0.2) is 0 Å². The summed E-state index contributed by atoms with van der Waals surface area (Å²) in [7, 11) is 0. The number of halogens is 1. The molecule has 1 aromatic rings. The minimum absolute atomic E-state index is 0.503. The van der Waals surface area contributed by atoms with Crippen LogP contribution in [0.5, 0.6) is 0 Å². The van der Waals surface area contributed by atoms with Gasteiger partial charge in [0.1, 0.15) is 6.07 Å². The van der Waals surface area contributed by atoms with Gasteiger partial charge in [-0.3, -0.25) is 0 Å². The molecule has 2 fully saturated rings. The number of nitriles is 1. The highest BCUT2D eigenvalue weighted by molar-refractivity contribution is 5.26. The fourth-order valence-electron chi connectivity index (χ4n) is 5.49. The van der Waals surface area contributed by atoms with E-state index in [0.717, 1.165) is 12.8 Å². The quantitative estimate of drug-likeness (QED) is 0.235. The van der Waals surface area contributed by atoms with E-state index in [-0.39, 0.29) is 0 Å². The van der Waals surface area contributed by atoms with Gasteiger partial charge in [0.2, 0.25) is 0 Å². The first-order chi connectivity index (χ1) is 15.1. The third kappa shape index (κ3) is 6.93. The smallest absolute Gasteiger partial charge is 0.195 e. The van der Waals surface area contributed by atoms with Crippen molar-refractivity contribution < 1.29 is 4.39 Å². The number of hydrogen-bond donors (Lipinski definition) is 0. The first kappa shape index (κ1) is 23.5. The van der Waals surface area contributed by atoms with Crippen LogP contribution in [0.2, 0.25) is 0 Å². The van der Waals surface area contributed by atoms with Crippen molar-refractivity contribution in [1.29, 1.82) is 5.26 Å². The van der Waals surface area contributed by atoms with Gasteiger partial charge in [0.05, 0.1) is 0 Å². The molecule has 2 saturated carbocycles. The second-order valence-corrected chi connectivity index (χ2v) is 9.59. The minimum Gasteiger partial charge on any atom is -0.195 e. The normalized spacial score (nSPS) is 27.2. The molecule has 2 aliphatic rings. The Morgan fingerprint density at radius 3 is 2.23 bits per heavy atom. The summed E-state index contributed by atoms with van der Waals surface area (Å²) >= 11 is 0. The van der Waals surface area contributed by atoms with Gasteiger partial charge in [0.25, 0.3) is 0 Å². The molecule has 0 bridgehead atoms. The number of benzene rings is 1. The molecule has 31 heavy (non-hydrogen) atoms. The van der Waals surface area contributed by atoms with Gasteiger partial charge in [0.15, 0.2) is 5.83 Å². The highest BCUT2D eigenvalue weighted by Crippen LogP contribution is 2.43. The number of hydrogen-bond acceptors (Lipinski definition) is 1. The Balaban J connectivity index is 1.43. The SMILES string of the molecule is C=C(C1CCC(C=CC=C(F)C#N)CC1)C1CCC(c2ccc(CCCC)cc2)CC1. The largest absolute Gasteiger partial charge is 0.199 e. The summed E-state index contributed by atoms with van der Waals surface area (Å²) in [5.41, 5.74) is 4.49. The molecular weight excluding hydrogens is 381 g/mol. The summed E-state index contributed by atoms with van der Waals surface area (Å²) in [5, 5.41) is 8.47. The van der Waals surface area contributed by atoms with Crippen molar-refractivity contribution in [3.05, 3.63) is 71.6 Å². The van der Waals surface area contributed by atoms with Crippen molar-refractivity contribution in [2.75, 3.05) is 0 Å². The standard InChI is InChI=1S/C29H38FN/c1-3-4-6-23-11-15-27(16-12-23)28-19-17-26(18-20-28)22(2)25-13-9-24(10-14-25)7-5-8-29(30)21-31/h5,7-8,11-12,15-16,24-26,28H,2-4,6,9-10,13-14,17-20H2,1H3. The Kier molecular flexibility index (Phi) is 9.13. The molecule has 0 radical (unpaired) electrons. The highest BCUT2D eigenvalue weighted by Gasteiger charge is 2.29. The van der Waals surface area contributed by atoms with E-state index in [1.807, 2.05) is 0 Å². The van der Waals surface area contributed by atoms with Crippen LogP contribution in [0, 0.1) is 29.1 Å². The van der Waals surface area contributed by atoms with Crippen LogP contribution in [0.25, 0.3) is 0 Å². The van der Waals surface area contributed by atoms with Crippen LogP contribution in [0.1, 0.15) is 88.2 Å². The molecule has 0 amide bonds. The summed E-state index contributed by atoms with van der Waals surface area (Å²) in [5.74, 6) is 1.83. The van der Waals surface area contributed by atoms with E-state index in [4.69, 9.17) is 5.26 Å². The van der Waals surface area contributed by atoms with Crippen LogP contribution >= 0.6 is 0 Å². The van der Waals surface area contributed by atoms with E-state index in [9.17, 15) is 4.39 Å². The van der Waals surface area contributed by atoms with E-state index >= 15 is 0 Å². The van der Waals surface area contributed by atoms with Crippen LogP contribution in [0.4, 0.5) is 4.39 Å². The molecule has 0 unspecified atom stereocenters. The molecule has 1 aromatic carbocycles. The molecule has 0 saturated heterocycles. The molecule has 0 atom stereocenters. The van der Waals surface area contributed by atoms with Gasteiger partial charge in [-0.05, 0) is 105 Å². The van der Waals surface area contributed by atoms with Crippen LogP contribution in [0.15, 0.2) is 60.5 Å². The molecule has 2 aliphatic carbocycles. The predicted octanol–water partition coefficient (Wildman–Crippen LogP) is 8.60. The zero-order chi connectivity index (χ0) is 22.1. The summed E-state index contributed by atoms with van der Waals surface area (Å²) in [6, 6.07) is 10.9. The Morgan fingerprint density at radius 2 is 1.65 bits per heavy atom. The molecule has 2 heteroatoms. The van der Waals surface area contributed by atoms with Gasteiger partial charge in [-0.2, -0.15) is 9.65 Å². The maximum Gasteiger partial charge on any atom is 0.199 e. The monoisotopic (exact) mass is 419 g/mol. The van der Waals surface area contributed by atoms with Gasteiger partial charge < -0.3 is 0 Å². The fourth-order valence-corrected chi connectivity index (χ4v) is 5.49. The lowest BCUT2D eigenvalue weighted by atomic mass is 9.70. The number of nitrogens with zero attached hydrogens (tertiary/aromatic N) is 1. The molecule has 166 valence electrons. The molecule has 0 aliphatic heterocycles. The Bertz CT molecular complexity index is 794. The van der Waals surface area contributed by atoms with Crippen LogP contribution in [0.3, 0.4) is 0 Å². The first-order valence-electron chi connectivity index (χ1n) is 12.3. The Labute approximate surface area is 188 Å². The fraction of sp³-hybridized carbons (Fsp3) is 0.552. The molecule has 1 nitrogen and oxygen atoms in total. The lowest BCUT2D eigenvalue weighted by molar-refractivity contribution is 0.290. The molecule has 0 N–H and O–H groups in total. The second-order valence-electron chi connectivity index (χ2n) is 9.59. The summed E-state index contributed by atoms with van der Waals surface area (Å²) in [6.45, 7) is 6.80. The maximum absolute atomic E-state index is 12.9. The topological polar surface area (TPSA) is 23.8 Å². The first-order valence-corrected chi connectivity index (χ1v) is 12.3. The molecule has 0 heterocycles. The van der Waals surface area contributed by atoms with Gasteiger partial charge >= 0.3 is 0 Å². The van der Waals surface area contributed by atoms with Crippen molar-refractivity contribution in [2.45, 2.75) is 83.5 Å². The Morgan fingerprint density at radius 1 is 1.03 bits per heavy atom. The zero-order valence-electron chi connectivity index (χ0n) is 19.2. The highest BCUT2D eigenvalue weighted by atomic mass is 19.1. The van der Waals surface area contributed by atoms with E-state index in [1.165, 1.54) is 86.6 Å². The van der Waals surface area contributed by atoms with Crippen molar-refractivity contribution in [3.8, 4) is 6.07 Å². The average molecular weight is 420 g/mol. The third-order valence-corrected chi connectivity index (χ3v) is 7.55. The van der Waals surface area contributed by atoms with Gasteiger partial charge in [-0.15, -0.1) is 0 Å². The van der Waals surface area contributed by atoms with Crippen LogP contribution < -0.4 is 0 Å².